The van der Waals surface area contributed by atoms with E-state index in [1.54, 1.807) is 0 Å². The second-order valence-corrected chi connectivity index (χ2v) is 12.1. The molecular weight excluding hydrogens is 519 g/mol. The number of ether oxygens (including phenoxy) is 2. The molecule has 0 fully saturated rings. The van der Waals surface area contributed by atoms with Gasteiger partial charge in [-0.15, -0.1) is 0 Å². The average Bonchev–Trinajstić information content (AvgIpc) is 2.96. The van der Waals surface area contributed by atoms with E-state index in [1.165, 1.54) is 154 Å². The molecule has 0 aromatic heterocycles. The summed E-state index contributed by atoms with van der Waals surface area (Å²) in [6, 6.07) is 0. The Morgan fingerprint density at radius 3 is 0.756 bits per heavy atom. The predicted molar refractivity (Wildman–Crippen MR) is 178 cm³/mol. The summed E-state index contributed by atoms with van der Waals surface area (Å²) in [5.74, 6) is -0.550. The summed E-state index contributed by atoms with van der Waals surface area (Å²) in [7, 11) is 0. The van der Waals surface area contributed by atoms with Gasteiger partial charge in [0.2, 0.25) is 0 Å². The van der Waals surface area contributed by atoms with E-state index in [1.807, 2.05) is 0 Å². The Bertz CT molecular complexity index is 480. The fourth-order valence-electron chi connectivity index (χ4n) is 5.31. The predicted octanol–water partition coefficient (Wildman–Crippen LogP) is 11.4. The smallest absolute Gasteiger partial charge is 0.306 e. The topological polar surface area (TPSA) is 52.6 Å². The van der Waals surface area contributed by atoms with Gasteiger partial charge in [-0.2, -0.15) is 0 Å². The Balaban J connectivity index is 0. The van der Waals surface area contributed by atoms with Gasteiger partial charge < -0.3 is 9.47 Å². The molecule has 0 aliphatic carbocycles. The molecule has 0 aromatic carbocycles. The van der Waals surface area contributed by atoms with E-state index in [9.17, 15) is 9.59 Å². The van der Waals surface area contributed by atoms with Crippen molar-refractivity contribution in [2.24, 2.45) is 0 Å². The van der Waals surface area contributed by atoms with E-state index in [-0.39, 0.29) is 54.3 Å². The molecule has 0 atom stereocenters. The number of esters is 2. The Morgan fingerprint density at radius 2 is 0.537 bits per heavy atom. The quantitative estimate of drug-likeness (QED) is 0.0434. The first-order valence-corrected chi connectivity index (χ1v) is 18.0. The van der Waals surface area contributed by atoms with Crippen LogP contribution in [-0.4, -0.2) is 54.7 Å². The van der Waals surface area contributed by atoms with Gasteiger partial charge in [0.25, 0.3) is 0 Å². The largest absolute Gasteiger partial charge is 0.466 e. The van der Waals surface area contributed by atoms with E-state index < -0.39 is 0 Å². The Kier molecular flexibility index (Phi) is 39.9. The molecule has 0 saturated heterocycles. The van der Waals surface area contributed by atoms with Crippen LogP contribution in [0.5, 0.6) is 0 Å². The van der Waals surface area contributed by atoms with Gasteiger partial charge >= 0.3 is 11.9 Å². The number of rotatable bonds is 33. The fourth-order valence-corrected chi connectivity index (χ4v) is 5.31. The van der Waals surface area contributed by atoms with Crippen LogP contribution in [0.15, 0.2) is 0 Å². The third-order valence-corrected chi connectivity index (χ3v) is 8.06. The summed E-state index contributed by atoms with van der Waals surface area (Å²) in [5, 5.41) is 0. The first kappa shape index (κ1) is 43.1. The van der Waals surface area contributed by atoms with Crippen molar-refractivity contribution in [1.82, 2.24) is 0 Å². The van der Waals surface area contributed by atoms with Crippen molar-refractivity contribution in [2.75, 3.05) is 13.2 Å². The van der Waals surface area contributed by atoms with Crippen molar-refractivity contribution in [3.8, 4) is 0 Å². The minimum atomic E-state index is -0.275. The molecule has 0 rings (SSSR count). The van der Waals surface area contributed by atoms with Gasteiger partial charge in [-0.05, 0) is 12.8 Å². The molecule has 0 unspecified atom stereocenters. The Labute approximate surface area is 278 Å². The van der Waals surface area contributed by atoms with Crippen LogP contribution in [0.1, 0.15) is 206 Å². The van der Waals surface area contributed by atoms with Crippen molar-refractivity contribution >= 4 is 41.5 Å². The van der Waals surface area contributed by atoms with Gasteiger partial charge in [0.05, 0.1) is 26.1 Å². The average molecular weight is 590 g/mol. The minimum Gasteiger partial charge on any atom is -0.466 e. The second-order valence-electron chi connectivity index (χ2n) is 12.1. The number of hydrogen-bond donors (Lipinski definition) is 0. The molecule has 0 bridgehead atoms. The van der Waals surface area contributed by atoms with Crippen LogP contribution >= 0.6 is 0 Å². The van der Waals surface area contributed by atoms with E-state index in [4.69, 9.17) is 9.47 Å². The summed E-state index contributed by atoms with van der Waals surface area (Å²) >= 11 is 0. The first-order chi connectivity index (χ1) is 19.7. The number of carbonyl (C=O) groups is 2. The molecule has 239 valence electrons. The minimum absolute atomic E-state index is 0. The van der Waals surface area contributed by atoms with Crippen molar-refractivity contribution in [3.63, 3.8) is 0 Å². The van der Waals surface area contributed by atoms with E-state index in [0.29, 0.717) is 13.2 Å². The molecule has 0 aromatic rings. The Morgan fingerprint density at radius 1 is 0.341 bits per heavy atom. The molecule has 0 amide bonds. The first-order valence-electron chi connectivity index (χ1n) is 18.0. The molecule has 0 N–H and O–H groups in total. The zero-order chi connectivity index (χ0) is 29.2. The molecule has 0 saturated carbocycles. The van der Waals surface area contributed by atoms with Gasteiger partial charge in [0.15, 0.2) is 0 Å². The summed E-state index contributed by atoms with van der Waals surface area (Å²) in [5.41, 5.74) is 0. The van der Waals surface area contributed by atoms with Crippen molar-refractivity contribution in [3.05, 3.63) is 0 Å². The summed E-state index contributed by atoms with van der Waals surface area (Å²) < 4.78 is 10.6. The second kappa shape index (κ2) is 38.0. The van der Waals surface area contributed by atoms with Gasteiger partial charge in [0, 0.05) is 29.6 Å². The SMILES string of the molecule is CCCCCCCCCCCCCCCCOC(=O)CCC(=O)OCCCCCCCCCCCCCCCC.[Na]. The standard InChI is InChI=1S/C36H70O4.Na/c1-3-5-7-9-11-13-15-17-19-21-23-25-27-29-33-39-35(37)31-32-36(38)40-34-30-28-26-24-22-20-18-16-14-12-10-8-6-4-2;/h3-34H2,1-2H3;. The normalized spacial score (nSPS) is 10.9. The number of hydrogen-bond acceptors (Lipinski definition) is 4. The van der Waals surface area contributed by atoms with E-state index in [2.05, 4.69) is 13.8 Å². The summed E-state index contributed by atoms with van der Waals surface area (Å²) in [6.07, 6.45) is 37.1. The molecule has 0 heterocycles. The van der Waals surface area contributed by atoms with Gasteiger partial charge in [-0.25, -0.2) is 0 Å². The fraction of sp³-hybridized carbons (Fsp3) is 0.944. The maximum Gasteiger partial charge on any atom is 0.306 e. The molecule has 41 heavy (non-hydrogen) atoms. The zero-order valence-electron chi connectivity index (χ0n) is 28.3. The molecule has 4 nitrogen and oxygen atoms in total. The van der Waals surface area contributed by atoms with Gasteiger partial charge in [-0.1, -0.05) is 181 Å². The Hall–Kier alpha value is -0.0600. The van der Waals surface area contributed by atoms with Crippen LogP contribution in [0.3, 0.4) is 0 Å². The van der Waals surface area contributed by atoms with Crippen LogP contribution in [0, 0.1) is 0 Å². The van der Waals surface area contributed by atoms with Crippen LogP contribution in [-0.2, 0) is 19.1 Å². The van der Waals surface area contributed by atoms with Crippen molar-refractivity contribution in [1.29, 1.82) is 0 Å². The molecule has 0 aliphatic rings. The van der Waals surface area contributed by atoms with Gasteiger partial charge in [-0.3, -0.25) is 9.59 Å². The number of carbonyl (C=O) groups excluding carboxylic acids is 2. The molecule has 0 aliphatic heterocycles. The molecule has 1 radical (unpaired) electrons. The molecular formula is C36H70NaO4. The van der Waals surface area contributed by atoms with E-state index >= 15 is 0 Å². The van der Waals surface area contributed by atoms with Crippen LogP contribution < -0.4 is 0 Å². The van der Waals surface area contributed by atoms with Crippen LogP contribution in [0.4, 0.5) is 0 Å². The van der Waals surface area contributed by atoms with Crippen molar-refractivity contribution in [2.45, 2.75) is 206 Å². The third kappa shape index (κ3) is 37.9. The van der Waals surface area contributed by atoms with Gasteiger partial charge in [0.1, 0.15) is 0 Å². The maximum atomic E-state index is 11.9. The molecule has 0 spiro atoms. The molecule has 5 heteroatoms. The summed E-state index contributed by atoms with van der Waals surface area (Å²) in [6.45, 7) is 5.50. The van der Waals surface area contributed by atoms with E-state index in [0.717, 1.165) is 25.7 Å². The monoisotopic (exact) mass is 590 g/mol. The van der Waals surface area contributed by atoms with Crippen LogP contribution in [0.25, 0.3) is 0 Å². The summed E-state index contributed by atoms with van der Waals surface area (Å²) in [4.78, 5) is 23.7. The van der Waals surface area contributed by atoms with Crippen molar-refractivity contribution < 1.29 is 19.1 Å². The third-order valence-electron chi connectivity index (χ3n) is 8.06. The zero-order valence-corrected chi connectivity index (χ0v) is 30.3. The van der Waals surface area contributed by atoms with Crippen LogP contribution in [0.2, 0.25) is 0 Å². The number of unbranched alkanes of at least 4 members (excludes halogenated alkanes) is 26. The maximum absolute atomic E-state index is 11.9.